The summed E-state index contributed by atoms with van der Waals surface area (Å²) in [5.74, 6) is 0.0173. The number of aryl methyl sites for hydroxylation is 2. The largest absolute Gasteiger partial charge is 0.350 e. The Hall–Kier alpha value is -2.38. The van der Waals surface area contributed by atoms with Crippen LogP contribution in [0.2, 0.25) is 0 Å². The molecule has 3 rings (SSSR count). The molecule has 154 valence electrons. The molecule has 1 N–H and O–H groups in total. The van der Waals surface area contributed by atoms with Crippen LogP contribution in [0.15, 0.2) is 6.07 Å². The highest BCUT2D eigenvalue weighted by atomic mass is 16.2. The zero-order chi connectivity index (χ0) is 20.6. The Bertz CT molecular complexity index is 777. The maximum atomic E-state index is 12.8. The minimum absolute atomic E-state index is 0.0169. The second-order valence-electron chi connectivity index (χ2n) is 8.78. The van der Waals surface area contributed by atoms with Crippen molar-refractivity contribution in [3.05, 3.63) is 17.5 Å². The van der Waals surface area contributed by atoms with Gasteiger partial charge in [-0.15, -0.1) is 0 Å². The fraction of sp³-hybridized carbons (Fsp3) is 0.700. The van der Waals surface area contributed by atoms with Crippen molar-refractivity contribution in [2.45, 2.75) is 45.6 Å². The highest BCUT2D eigenvalue weighted by Gasteiger charge is 2.44. The zero-order valence-corrected chi connectivity index (χ0v) is 17.5. The first-order valence-electron chi connectivity index (χ1n) is 9.94. The molecule has 0 radical (unpaired) electrons. The van der Waals surface area contributed by atoms with Crippen LogP contribution in [0.3, 0.4) is 0 Å². The molecule has 2 aliphatic rings. The molecule has 0 aromatic carbocycles. The SMILES string of the molecule is Cc1cc(C(=O)N2CCC(CN(C)C(=O)C3CC(=O)NC3(C)C)CC2)n(C)n1. The van der Waals surface area contributed by atoms with Crippen molar-refractivity contribution in [1.82, 2.24) is 24.9 Å². The van der Waals surface area contributed by atoms with Crippen molar-refractivity contribution in [2.24, 2.45) is 18.9 Å². The van der Waals surface area contributed by atoms with Gasteiger partial charge in [-0.05, 0) is 45.6 Å². The third-order valence-electron chi connectivity index (χ3n) is 6.05. The van der Waals surface area contributed by atoms with Crippen LogP contribution in [-0.4, -0.2) is 69.5 Å². The second kappa shape index (κ2) is 7.56. The molecular weight excluding hydrogens is 358 g/mol. The Balaban J connectivity index is 1.52. The molecule has 3 amide bonds. The third kappa shape index (κ3) is 4.05. The van der Waals surface area contributed by atoms with Crippen LogP contribution in [0, 0.1) is 18.8 Å². The Kier molecular flexibility index (Phi) is 5.50. The van der Waals surface area contributed by atoms with Crippen LogP contribution in [-0.2, 0) is 16.6 Å². The first kappa shape index (κ1) is 20.4. The minimum atomic E-state index is -0.501. The van der Waals surface area contributed by atoms with Gasteiger partial charge < -0.3 is 15.1 Å². The van der Waals surface area contributed by atoms with Crippen LogP contribution in [0.5, 0.6) is 0 Å². The van der Waals surface area contributed by atoms with Crippen molar-refractivity contribution < 1.29 is 14.4 Å². The molecule has 1 unspecified atom stereocenters. The average molecular weight is 390 g/mol. The highest BCUT2D eigenvalue weighted by Crippen LogP contribution is 2.29. The summed E-state index contributed by atoms with van der Waals surface area (Å²) in [5.41, 5.74) is 0.951. The molecule has 0 saturated carbocycles. The minimum Gasteiger partial charge on any atom is -0.350 e. The first-order valence-corrected chi connectivity index (χ1v) is 9.94. The summed E-state index contributed by atoms with van der Waals surface area (Å²) in [4.78, 5) is 40.9. The highest BCUT2D eigenvalue weighted by molar-refractivity contribution is 5.93. The summed E-state index contributed by atoms with van der Waals surface area (Å²) in [7, 11) is 3.61. The van der Waals surface area contributed by atoms with Crippen LogP contribution >= 0.6 is 0 Å². The smallest absolute Gasteiger partial charge is 0.272 e. The lowest BCUT2D eigenvalue weighted by atomic mass is 9.87. The summed E-state index contributed by atoms with van der Waals surface area (Å²) in [5, 5.41) is 7.14. The Labute approximate surface area is 166 Å². The predicted octanol–water partition coefficient (Wildman–Crippen LogP) is 0.954. The molecule has 2 saturated heterocycles. The van der Waals surface area contributed by atoms with Crippen LogP contribution in [0.25, 0.3) is 0 Å². The normalized spacial score (nSPS) is 22.2. The average Bonchev–Trinajstić information content (AvgIpc) is 3.10. The molecule has 8 heteroatoms. The third-order valence-corrected chi connectivity index (χ3v) is 6.05. The van der Waals surface area contributed by atoms with Crippen molar-refractivity contribution in [1.29, 1.82) is 0 Å². The lowest BCUT2D eigenvalue weighted by Crippen LogP contribution is -2.48. The lowest BCUT2D eigenvalue weighted by Gasteiger charge is -2.35. The van der Waals surface area contributed by atoms with Crippen LogP contribution < -0.4 is 5.32 Å². The van der Waals surface area contributed by atoms with E-state index in [-0.39, 0.29) is 30.1 Å². The monoisotopic (exact) mass is 389 g/mol. The van der Waals surface area contributed by atoms with E-state index in [9.17, 15) is 14.4 Å². The van der Waals surface area contributed by atoms with Crippen molar-refractivity contribution in [2.75, 3.05) is 26.7 Å². The van der Waals surface area contributed by atoms with E-state index < -0.39 is 5.54 Å². The van der Waals surface area contributed by atoms with Gasteiger partial charge in [-0.3, -0.25) is 19.1 Å². The molecular formula is C20H31N5O3. The lowest BCUT2D eigenvalue weighted by molar-refractivity contribution is -0.136. The van der Waals surface area contributed by atoms with Gasteiger partial charge in [0.05, 0.1) is 11.6 Å². The number of amides is 3. The number of aromatic nitrogens is 2. The number of rotatable bonds is 4. The molecule has 0 bridgehead atoms. The van der Waals surface area contributed by atoms with E-state index in [0.29, 0.717) is 31.2 Å². The molecule has 2 aliphatic heterocycles. The van der Waals surface area contributed by atoms with Crippen molar-refractivity contribution in [3.8, 4) is 0 Å². The van der Waals surface area contributed by atoms with Gasteiger partial charge in [0.25, 0.3) is 5.91 Å². The second-order valence-corrected chi connectivity index (χ2v) is 8.78. The topological polar surface area (TPSA) is 87.5 Å². The van der Waals surface area contributed by atoms with Gasteiger partial charge in [-0.25, -0.2) is 0 Å². The number of nitrogens with zero attached hydrogens (tertiary/aromatic N) is 4. The number of carbonyl (C=O) groups is 3. The molecule has 2 fully saturated rings. The fourth-order valence-corrected chi connectivity index (χ4v) is 4.37. The Morgan fingerprint density at radius 3 is 2.46 bits per heavy atom. The summed E-state index contributed by atoms with van der Waals surface area (Å²) in [6.07, 6.45) is 1.99. The fourth-order valence-electron chi connectivity index (χ4n) is 4.37. The van der Waals surface area contributed by atoms with E-state index in [2.05, 4.69) is 10.4 Å². The molecule has 1 atom stereocenters. The molecule has 28 heavy (non-hydrogen) atoms. The van der Waals surface area contributed by atoms with Gasteiger partial charge in [0.1, 0.15) is 5.69 Å². The zero-order valence-electron chi connectivity index (χ0n) is 17.5. The molecule has 0 aliphatic carbocycles. The number of carbonyl (C=O) groups excluding carboxylic acids is 3. The Morgan fingerprint density at radius 2 is 1.96 bits per heavy atom. The van der Waals surface area contributed by atoms with Gasteiger partial charge >= 0.3 is 0 Å². The first-order chi connectivity index (χ1) is 13.1. The number of nitrogens with one attached hydrogen (secondary N) is 1. The standard InChI is InChI=1S/C20H31N5O3/c1-13-10-16(24(5)22-13)19(28)25-8-6-14(7-9-25)12-23(4)18(27)15-11-17(26)21-20(15,2)3/h10,14-15H,6-9,11-12H2,1-5H3,(H,21,26). The Morgan fingerprint density at radius 1 is 1.32 bits per heavy atom. The van der Waals surface area contributed by atoms with Gasteiger partial charge in [0.15, 0.2) is 0 Å². The maximum Gasteiger partial charge on any atom is 0.272 e. The van der Waals surface area contributed by atoms with Gasteiger partial charge in [0.2, 0.25) is 11.8 Å². The van der Waals surface area contributed by atoms with Gasteiger partial charge in [0, 0.05) is 45.7 Å². The molecule has 0 spiro atoms. The summed E-state index contributed by atoms with van der Waals surface area (Å²) >= 11 is 0. The van der Waals surface area contributed by atoms with Crippen molar-refractivity contribution in [3.63, 3.8) is 0 Å². The number of likely N-dealkylation sites (tertiary alicyclic amines) is 1. The van der Waals surface area contributed by atoms with Crippen LogP contribution in [0.1, 0.15) is 49.3 Å². The summed E-state index contributed by atoms with van der Waals surface area (Å²) in [6.45, 7) is 7.71. The number of hydrogen-bond donors (Lipinski definition) is 1. The van der Waals surface area contributed by atoms with Crippen LogP contribution in [0.4, 0.5) is 0 Å². The quantitative estimate of drug-likeness (QED) is 0.831. The van der Waals surface area contributed by atoms with E-state index in [1.54, 1.807) is 16.6 Å². The number of piperidine rings is 1. The molecule has 1 aromatic heterocycles. The predicted molar refractivity (Wildman–Crippen MR) is 105 cm³/mol. The maximum absolute atomic E-state index is 12.8. The summed E-state index contributed by atoms with van der Waals surface area (Å²) in [6, 6.07) is 1.82. The van der Waals surface area contributed by atoms with E-state index >= 15 is 0 Å². The van der Waals surface area contributed by atoms with E-state index in [4.69, 9.17) is 0 Å². The molecule has 8 nitrogen and oxygen atoms in total. The van der Waals surface area contributed by atoms with Gasteiger partial charge in [-0.2, -0.15) is 5.10 Å². The van der Waals surface area contributed by atoms with E-state index in [1.807, 2.05) is 38.8 Å². The molecule has 1 aromatic rings. The molecule has 3 heterocycles. The van der Waals surface area contributed by atoms with Gasteiger partial charge in [-0.1, -0.05) is 0 Å². The van der Waals surface area contributed by atoms with E-state index in [1.165, 1.54) is 0 Å². The summed E-state index contributed by atoms with van der Waals surface area (Å²) < 4.78 is 1.63. The van der Waals surface area contributed by atoms with E-state index in [0.717, 1.165) is 18.5 Å². The number of hydrogen-bond acceptors (Lipinski definition) is 4. The van der Waals surface area contributed by atoms with Crippen molar-refractivity contribution >= 4 is 17.7 Å².